The first-order valence-electron chi connectivity index (χ1n) is 4.81. The highest BCUT2D eigenvalue weighted by Crippen LogP contribution is 2.32. The van der Waals surface area contributed by atoms with Gasteiger partial charge >= 0.3 is 6.36 Å². The molecule has 0 bridgehead atoms. The molecule has 0 N–H and O–H groups in total. The van der Waals surface area contributed by atoms with E-state index >= 15 is 0 Å². The number of ether oxygens (including phenoxy) is 2. The van der Waals surface area contributed by atoms with Gasteiger partial charge < -0.3 is 9.47 Å². The van der Waals surface area contributed by atoms with Crippen LogP contribution in [0.5, 0.6) is 5.75 Å². The van der Waals surface area contributed by atoms with Crippen molar-refractivity contribution in [3.63, 3.8) is 0 Å². The first-order chi connectivity index (χ1) is 8.49. The van der Waals surface area contributed by atoms with Gasteiger partial charge in [0.1, 0.15) is 12.4 Å². The third-order valence-corrected chi connectivity index (χ3v) is 3.18. The Hall–Kier alpha value is -1.76. The van der Waals surface area contributed by atoms with Gasteiger partial charge in [0.2, 0.25) is 0 Å². The largest absolute Gasteiger partial charge is 0.573 e. The van der Waals surface area contributed by atoms with Gasteiger partial charge in [-0.3, -0.25) is 4.79 Å². The van der Waals surface area contributed by atoms with Gasteiger partial charge in [-0.2, -0.15) is 0 Å². The SMILES string of the molecule is O=COCc1csc2ccc(OC(F)(F)F)cc12. The molecule has 0 aliphatic heterocycles. The van der Waals surface area contributed by atoms with Crippen molar-refractivity contribution in [1.82, 2.24) is 0 Å². The maximum atomic E-state index is 12.1. The Kier molecular flexibility index (Phi) is 3.42. The summed E-state index contributed by atoms with van der Waals surface area (Å²) < 4.78 is 45.5. The molecule has 1 aromatic carbocycles. The summed E-state index contributed by atoms with van der Waals surface area (Å²) in [6.45, 7) is 0.318. The number of rotatable bonds is 4. The molecule has 3 nitrogen and oxygen atoms in total. The number of carbonyl (C=O) groups excluding carboxylic acids is 1. The topological polar surface area (TPSA) is 35.5 Å². The fourth-order valence-electron chi connectivity index (χ4n) is 1.49. The van der Waals surface area contributed by atoms with E-state index in [1.165, 1.54) is 29.5 Å². The van der Waals surface area contributed by atoms with Crippen LogP contribution in [0.4, 0.5) is 13.2 Å². The van der Waals surface area contributed by atoms with Crippen LogP contribution < -0.4 is 4.74 Å². The van der Waals surface area contributed by atoms with Gasteiger partial charge in [0, 0.05) is 15.6 Å². The fraction of sp³-hybridized carbons (Fsp3) is 0.182. The molecular weight excluding hydrogens is 269 g/mol. The normalized spacial score (nSPS) is 11.5. The van der Waals surface area contributed by atoms with Gasteiger partial charge in [0.25, 0.3) is 6.47 Å². The van der Waals surface area contributed by atoms with E-state index in [0.29, 0.717) is 17.4 Å². The smallest absolute Gasteiger partial charge is 0.463 e. The Bertz CT molecular complexity index is 562. The summed E-state index contributed by atoms with van der Waals surface area (Å²) in [6.07, 6.45) is -4.72. The first kappa shape index (κ1) is 12.7. The quantitative estimate of drug-likeness (QED) is 0.802. The number of alkyl halides is 3. The van der Waals surface area contributed by atoms with E-state index in [1.807, 2.05) is 0 Å². The Morgan fingerprint density at radius 3 is 2.78 bits per heavy atom. The predicted octanol–water partition coefficient (Wildman–Crippen LogP) is 3.47. The molecule has 1 heterocycles. The fourth-order valence-corrected chi connectivity index (χ4v) is 2.42. The van der Waals surface area contributed by atoms with Gasteiger partial charge in [0.15, 0.2) is 0 Å². The highest BCUT2D eigenvalue weighted by Gasteiger charge is 2.31. The van der Waals surface area contributed by atoms with Crippen molar-refractivity contribution in [2.45, 2.75) is 13.0 Å². The molecule has 96 valence electrons. The van der Waals surface area contributed by atoms with Crippen molar-refractivity contribution in [2.75, 3.05) is 0 Å². The molecular formula is C11H7F3O3S. The molecule has 1 aromatic heterocycles. The van der Waals surface area contributed by atoms with Gasteiger partial charge in [-0.05, 0) is 23.6 Å². The van der Waals surface area contributed by atoms with Crippen LogP contribution in [0.2, 0.25) is 0 Å². The van der Waals surface area contributed by atoms with E-state index in [0.717, 1.165) is 4.70 Å². The van der Waals surface area contributed by atoms with Crippen molar-refractivity contribution < 1.29 is 27.4 Å². The van der Waals surface area contributed by atoms with E-state index in [1.54, 1.807) is 5.38 Å². The second kappa shape index (κ2) is 4.85. The molecule has 0 unspecified atom stereocenters. The average molecular weight is 276 g/mol. The van der Waals surface area contributed by atoms with Crippen LogP contribution in [-0.2, 0) is 16.1 Å². The number of carbonyl (C=O) groups is 1. The molecule has 0 aliphatic carbocycles. The zero-order valence-corrected chi connectivity index (χ0v) is 9.68. The molecule has 0 amide bonds. The van der Waals surface area contributed by atoms with Crippen molar-refractivity contribution >= 4 is 27.9 Å². The standard InChI is InChI=1S/C11H7F3O3S/c12-11(13,14)17-8-1-2-10-9(3-8)7(5-18-10)4-16-6-15/h1-3,5-6H,4H2. The number of hydrogen-bond donors (Lipinski definition) is 0. The molecule has 2 aromatic rings. The maximum Gasteiger partial charge on any atom is 0.573 e. The highest BCUT2D eigenvalue weighted by atomic mass is 32.1. The molecule has 0 saturated carbocycles. The molecule has 0 spiro atoms. The summed E-state index contributed by atoms with van der Waals surface area (Å²) in [5.74, 6) is -0.291. The molecule has 0 fully saturated rings. The summed E-state index contributed by atoms with van der Waals surface area (Å²) >= 11 is 1.36. The van der Waals surface area contributed by atoms with E-state index in [2.05, 4.69) is 9.47 Å². The van der Waals surface area contributed by atoms with Crippen molar-refractivity contribution in [3.05, 3.63) is 29.1 Å². The van der Waals surface area contributed by atoms with Crippen molar-refractivity contribution in [1.29, 1.82) is 0 Å². The Balaban J connectivity index is 2.33. The summed E-state index contributed by atoms with van der Waals surface area (Å²) in [5.41, 5.74) is 0.648. The molecule has 0 aliphatic rings. The maximum absolute atomic E-state index is 12.1. The number of thiophene rings is 1. The Morgan fingerprint density at radius 2 is 2.11 bits per heavy atom. The van der Waals surface area contributed by atoms with E-state index in [9.17, 15) is 18.0 Å². The van der Waals surface area contributed by atoms with Crippen LogP contribution in [0.1, 0.15) is 5.56 Å². The van der Waals surface area contributed by atoms with Crippen LogP contribution in [0, 0.1) is 0 Å². The summed E-state index contributed by atoms with van der Waals surface area (Å²) in [5, 5.41) is 2.31. The van der Waals surface area contributed by atoms with Crippen LogP contribution in [0.25, 0.3) is 10.1 Å². The lowest BCUT2D eigenvalue weighted by Gasteiger charge is -2.08. The Morgan fingerprint density at radius 1 is 1.33 bits per heavy atom. The number of halogens is 3. The van der Waals surface area contributed by atoms with Gasteiger partial charge in [0.05, 0.1) is 0 Å². The molecule has 0 radical (unpaired) electrons. The minimum Gasteiger partial charge on any atom is -0.463 e. The minimum atomic E-state index is -4.72. The van der Waals surface area contributed by atoms with E-state index < -0.39 is 6.36 Å². The lowest BCUT2D eigenvalue weighted by molar-refractivity contribution is -0.274. The van der Waals surface area contributed by atoms with Crippen molar-refractivity contribution in [3.8, 4) is 5.75 Å². The van der Waals surface area contributed by atoms with E-state index in [4.69, 9.17) is 0 Å². The molecule has 0 saturated heterocycles. The monoisotopic (exact) mass is 276 g/mol. The lowest BCUT2D eigenvalue weighted by atomic mass is 10.2. The number of hydrogen-bond acceptors (Lipinski definition) is 4. The van der Waals surface area contributed by atoms with Crippen LogP contribution in [0.15, 0.2) is 23.6 Å². The first-order valence-corrected chi connectivity index (χ1v) is 5.69. The number of fused-ring (bicyclic) bond motifs is 1. The number of benzene rings is 1. The highest BCUT2D eigenvalue weighted by molar-refractivity contribution is 7.17. The molecule has 7 heteroatoms. The third-order valence-electron chi connectivity index (χ3n) is 2.17. The molecule has 18 heavy (non-hydrogen) atoms. The van der Waals surface area contributed by atoms with Crippen LogP contribution >= 0.6 is 11.3 Å². The van der Waals surface area contributed by atoms with Gasteiger partial charge in [-0.15, -0.1) is 24.5 Å². The summed E-state index contributed by atoms with van der Waals surface area (Å²) in [6, 6.07) is 4.06. The second-order valence-corrected chi connectivity index (χ2v) is 4.29. The summed E-state index contributed by atoms with van der Waals surface area (Å²) in [7, 11) is 0. The zero-order chi connectivity index (χ0) is 13.2. The minimum absolute atomic E-state index is 0.0268. The van der Waals surface area contributed by atoms with Crippen molar-refractivity contribution in [2.24, 2.45) is 0 Å². The van der Waals surface area contributed by atoms with Crippen LogP contribution in [-0.4, -0.2) is 12.8 Å². The van der Waals surface area contributed by atoms with E-state index in [-0.39, 0.29) is 12.4 Å². The second-order valence-electron chi connectivity index (χ2n) is 3.37. The average Bonchev–Trinajstić information content (AvgIpc) is 2.67. The molecule has 0 atom stereocenters. The predicted molar refractivity (Wildman–Crippen MR) is 59.4 cm³/mol. The van der Waals surface area contributed by atoms with Gasteiger partial charge in [-0.1, -0.05) is 0 Å². The Labute approximate surface area is 104 Å². The van der Waals surface area contributed by atoms with Gasteiger partial charge in [-0.25, -0.2) is 0 Å². The lowest BCUT2D eigenvalue weighted by Crippen LogP contribution is -2.16. The zero-order valence-electron chi connectivity index (χ0n) is 8.86. The third kappa shape index (κ3) is 2.92. The molecule has 2 rings (SSSR count). The summed E-state index contributed by atoms with van der Waals surface area (Å²) in [4.78, 5) is 10.1. The van der Waals surface area contributed by atoms with Crippen LogP contribution in [0.3, 0.4) is 0 Å².